The highest BCUT2D eigenvalue weighted by Crippen LogP contribution is 2.41. The molecule has 1 N–H and O–H groups in total. The Morgan fingerprint density at radius 3 is 2.32 bits per heavy atom. The van der Waals surface area contributed by atoms with Gasteiger partial charge in [-0.3, -0.25) is 0 Å². The molecule has 1 aromatic heterocycles. The molecule has 0 aliphatic heterocycles. The molecule has 0 unspecified atom stereocenters. The highest BCUT2D eigenvalue weighted by Gasteiger charge is 2.32. The summed E-state index contributed by atoms with van der Waals surface area (Å²) in [6.45, 7) is 3.98. The Balaban J connectivity index is 2.36. The van der Waals surface area contributed by atoms with Crippen LogP contribution in [0.15, 0.2) is 18.2 Å². The summed E-state index contributed by atoms with van der Waals surface area (Å²) in [6.07, 6.45) is -4.09. The average Bonchev–Trinajstić information content (AvgIpc) is 2.93. The van der Waals surface area contributed by atoms with E-state index in [1.807, 2.05) is 6.92 Å². The van der Waals surface area contributed by atoms with Crippen molar-refractivity contribution in [3.05, 3.63) is 39.5 Å². The van der Waals surface area contributed by atoms with Crippen molar-refractivity contribution in [1.82, 2.24) is 15.1 Å². The van der Waals surface area contributed by atoms with E-state index in [1.54, 1.807) is 6.92 Å². The number of halogens is 5. The molecule has 0 aliphatic carbocycles. The third-order valence-electron chi connectivity index (χ3n) is 3.18. The standard InChI is InChI=1S/C15H14Cl2F3N3O2/c1-3-9-7-12(22-23(9)14(24)21-4-2)25-13-10(16)5-8(6-11(13)17)15(18,19)20/h5-7H,3-4H2,1-2H3,(H,21,24). The number of carbonyl (C=O) groups excluding carboxylic acids is 1. The van der Waals surface area contributed by atoms with Gasteiger partial charge in [-0.2, -0.15) is 17.9 Å². The molecule has 1 aromatic carbocycles. The molecule has 0 bridgehead atoms. The largest absolute Gasteiger partial charge is 0.434 e. The van der Waals surface area contributed by atoms with E-state index in [0.717, 1.165) is 4.68 Å². The van der Waals surface area contributed by atoms with Crippen LogP contribution in [0.1, 0.15) is 25.1 Å². The van der Waals surface area contributed by atoms with Gasteiger partial charge in [-0.15, -0.1) is 5.10 Å². The molecule has 1 amide bonds. The summed E-state index contributed by atoms with van der Waals surface area (Å²) in [6, 6.07) is 2.47. The quantitative estimate of drug-likeness (QED) is 0.779. The number of aryl methyl sites for hydroxylation is 1. The predicted molar refractivity (Wildman–Crippen MR) is 87.6 cm³/mol. The Kier molecular flexibility index (Phi) is 5.84. The lowest BCUT2D eigenvalue weighted by molar-refractivity contribution is -0.137. The smallest absolute Gasteiger partial charge is 0.416 e. The molecule has 2 aromatic rings. The topological polar surface area (TPSA) is 56.2 Å². The van der Waals surface area contributed by atoms with Gasteiger partial charge in [0.1, 0.15) is 0 Å². The monoisotopic (exact) mass is 395 g/mol. The van der Waals surface area contributed by atoms with Crippen LogP contribution < -0.4 is 10.1 Å². The fourth-order valence-corrected chi connectivity index (χ4v) is 2.59. The first kappa shape index (κ1) is 19.4. The predicted octanol–water partition coefficient (Wildman–Crippen LogP) is 5.14. The Hall–Kier alpha value is -1.93. The summed E-state index contributed by atoms with van der Waals surface area (Å²) in [4.78, 5) is 11.9. The molecular formula is C15H14Cl2F3N3O2. The number of rotatable bonds is 4. The fraction of sp³-hybridized carbons (Fsp3) is 0.333. The maximum absolute atomic E-state index is 12.8. The minimum absolute atomic E-state index is 0.00772. The maximum atomic E-state index is 12.8. The van der Waals surface area contributed by atoms with Gasteiger partial charge in [-0.25, -0.2) is 4.79 Å². The number of nitrogens with one attached hydrogen (secondary N) is 1. The molecule has 1 heterocycles. The van der Waals surface area contributed by atoms with E-state index in [4.69, 9.17) is 27.9 Å². The average molecular weight is 396 g/mol. The number of hydrogen-bond acceptors (Lipinski definition) is 3. The maximum Gasteiger partial charge on any atom is 0.416 e. The second-order valence-electron chi connectivity index (χ2n) is 4.94. The van der Waals surface area contributed by atoms with Gasteiger partial charge in [0.15, 0.2) is 5.75 Å². The first-order chi connectivity index (χ1) is 11.7. The van der Waals surface area contributed by atoms with Gasteiger partial charge in [-0.05, 0) is 25.5 Å². The molecule has 0 fully saturated rings. The lowest BCUT2D eigenvalue weighted by atomic mass is 10.2. The van der Waals surface area contributed by atoms with Crippen molar-refractivity contribution >= 4 is 29.2 Å². The Bertz CT molecular complexity index is 768. The van der Waals surface area contributed by atoms with Gasteiger partial charge >= 0.3 is 12.2 Å². The molecule has 2 rings (SSSR count). The molecule has 0 spiro atoms. The molecule has 0 radical (unpaired) electrons. The normalized spacial score (nSPS) is 11.5. The van der Waals surface area contributed by atoms with Gasteiger partial charge in [0, 0.05) is 12.6 Å². The summed E-state index contributed by atoms with van der Waals surface area (Å²) in [7, 11) is 0. The number of hydrogen-bond donors (Lipinski definition) is 1. The number of nitrogens with zero attached hydrogens (tertiary/aromatic N) is 2. The van der Waals surface area contributed by atoms with Crippen molar-refractivity contribution < 1.29 is 22.7 Å². The number of benzene rings is 1. The number of amides is 1. The van der Waals surface area contributed by atoms with Crippen LogP contribution in [0.2, 0.25) is 10.0 Å². The highest BCUT2D eigenvalue weighted by atomic mass is 35.5. The molecule has 0 atom stereocenters. The van der Waals surface area contributed by atoms with Gasteiger partial charge < -0.3 is 10.1 Å². The van der Waals surface area contributed by atoms with Crippen molar-refractivity contribution in [3.8, 4) is 11.6 Å². The Morgan fingerprint density at radius 2 is 1.84 bits per heavy atom. The van der Waals surface area contributed by atoms with E-state index in [0.29, 0.717) is 30.8 Å². The fourth-order valence-electron chi connectivity index (χ4n) is 2.02. The first-order valence-electron chi connectivity index (χ1n) is 7.28. The number of alkyl halides is 3. The van der Waals surface area contributed by atoms with Crippen LogP contribution in [0.5, 0.6) is 11.6 Å². The summed E-state index contributed by atoms with van der Waals surface area (Å²) < 4.78 is 44.8. The van der Waals surface area contributed by atoms with Crippen molar-refractivity contribution in [2.24, 2.45) is 0 Å². The molecule has 10 heteroatoms. The number of aromatic nitrogens is 2. The molecule has 5 nitrogen and oxygen atoms in total. The lowest BCUT2D eigenvalue weighted by Gasteiger charge is -2.11. The SMILES string of the molecule is CCNC(=O)n1nc(Oc2c(Cl)cc(C(F)(F)F)cc2Cl)cc1CC. The van der Waals surface area contributed by atoms with Crippen LogP contribution in [-0.4, -0.2) is 22.4 Å². The molecule has 25 heavy (non-hydrogen) atoms. The van der Waals surface area contributed by atoms with Crippen LogP contribution in [0.3, 0.4) is 0 Å². The molecule has 0 saturated carbocycles. The summed E-state index contributed by atoms with van der Waals surface area (Å²) in [5.74, 6) is -0.175. The van der Waals surface area contributed by atoms with Crippen molar-refractivity contribution in [3.63, 3.8) is 0 Å². The van der Waals surface area contributed by atoms with Gasteiger partial charge in [-0.1, -0.05) is 30.1 Å². The van der Waals surface area contributed by atoms with E-state index in [9.17, 15) is 18.0 Å². The van der Waals surface area contributed by atoms with Crippen molar-refractivity contribution in [2.75, 3.05) is 6.54 Å². The van der Waals surface area contributed by atoms with E-state index in [2.05, 4.69) is 10.4 Å². The summed E-state index contributed by atoms with van der Waals surface area (Å²) >= 11 is 11.7. The second-order valence-corrected chi connectivity index (χ2v) is 5.76. The van der Waals surface area contributed by atoms with Crippen LogP contribution in [0.25, 0.3) is 0 Å². The van der Waals surface area contributed by atoms with E-state index >= 15 is 0 Å². The molecule has 136 valence electrons. The van der Waals surface area contributed by atoms with E-state index < -0.39 is 17.8 Å². The van der Waals surface area contributed by atoms with Crippen LogP contribution in [0, 0.1) is 0 Å². The molecule has 0 aliphatic rings. The molecule has 0 saturated heterocycles. The minimum atomic E-state index is -4.58. The third-order valence-corrected chi connectivity index (χ3v) is 3.74. The van der Waals surface area contributed by atoms with Crippen LogP contribution >= 0.6 is 23.2 Å². The highest BCUT2D eigenvalue weighted by molar-refractivity contribution is 6.37. The lowest BCUT2D eigenvalue weighted by Crippen LogP contribution is -2.30. The number of ether oxygens (including phenoxy) is 1. The summed E-state index contributed by atoms with van der Waals surface area (Å²) in [5.41, 5.74) is -0.433. The Morgan fingerprint density at radius 1 is 1.24 bits per heavy atom. The van der Waals surface area contributed by atoms with E-state index in [1.165, 1.54) is 6.07 Å². The second kappa shape index (κ2) is 7.53. The Labute approximate surface area is 151 Å². The van der Waals surface area contributed by atoms with Crippen molar-refractivity contribution in [2.45, 2.75) is 26.4 Å². The zero-order valence-electron chi connectivity index (χ0n) is 13.2. The first-order valence-corrected chi connectivity index (χ1v) is 8.04. The van der Waals surface area contributed by atoms with E-state index in [-0.39, 0.29) is 21.7 Å². The molecular weight excluding hydrogens is 382 g/mol. The minimum Gasteiger partial charge on any atom is -0.434 e. The number of carbonyl (C=O) groups is 1. The van der Waals surface area contributed by atoms with Gasteiger partial charge in [0.2, 0.25) is 5.88 Å². The van der Waals surface area contributed by atoms with Crippen LogP contribution in [0.4, 0.5) is 18.0 Å². The zero-order valence-corrected chi connectivity index (χ0v) is 14.8. The van der Waals surface area contributed by atoms with Crippen LogP contribution in [-0.2, 0) is 12.6 Å². The van der Waals surface area contributed by atoms with Gasteiger partial charge in [0.25, 0.3) is 0 Å². The van der Waals surface area contributed by atoms with Gasteiger partial charge in [0.05, 0.1) is 21.3 Å². The zero-order chi connectivity index (χ0) is 18.8. The summed E-state index contributed by atoms with van der Waals surface area (Å²) in [5, 5.41) is 5.95. The third kappa shape index (κ3) is 4.38. The van der Waals surface area contributed by atoms with Crippen molar-refractivity contribution in [1.29, 1.82) is 0 Å².